The maximum Gasteiger partial charge on any atom is 0.145 e. The van der Waals surface area contributed by atoms with Crippen molar-refractivity contribution in [1.29, 1.82) is 0 Å². The summed E-state index contributed by atoms with van der Waals surface area (Å²) in [5.74, 6) is 2.48. The third-order valence-corrected chi connectivity index (χ3v) is 4.54. The second-order valence-electron chi connectivity index (χ2n) is 6.50. The molecule has 1 N–H and O–H groups in total. The molecule has 25 heavy (non-hydrogen) atoms. The highest BCUT2D eigenvalue weighted by Gasteiger charge is 2.17. The fraction of sp³-hybridized carbons (Fsp3) is 0.526. The molecule has 0 saturated carbocycles. The van der Waals surface area contributed by atoms with E-state index in [1.807, 2.05) is 31.1 Å². The van der Waals surface area contributed by atoms with Gasteiger partial charge in [-0.2, -0.15) is 0 Å². The topological polar surface area (TPSA) is 55.9 Å². The van der Waals surface area contributed by atoms with Gasteiger partial charge in [-0.15, -0.1) is 0 Å². The van der Waals surface area contributed by atoms with E-state index in [1.165, 1.54) is 0 Å². The van der Waals surface area contributed by atoms with Crippen molar-refractivity contribution in [2.45, 2.75) is 25.5 Å². The molecule has 6 heteroatoms. The van der Waals surface area contributed by atoms with Crippen molar-refractivity contribution in [1.82, 2.24) is 10.3 Å². The summed E-state index contributed by atoms with van der Waals surface area (Å²) in [7, 11) is 7.35. The number of nitrogens with one attached hydrogen (secondary N) is 1. The molecule has 2 aromatic rings. The molecule has 1 aliphatic heterocycles. The third-order valence-electron chi connectivity index (χ3n) is 4.54. The number of aromatic nitrogens is 1. The van der Waals surface area contributed by atoms with Gasteiger partial charge >= 0.3 is 0 Å². The Morgan fingerprint density at radius 2 is 2.00 bits per heavy atom. The quantitative estimate of drug-likeness (QED) is 0.832. The fourth-order valence-corrected chi connectivity index (χ4v) is 3.27. The summed E-state index contributed by atoms with van der Waals surface area (Å²) >= 11 is 0. The predicted octanol–water partition coefficient (Wildman–Crippen LogP) is 2.59. The van der Waals surface area contributed by atoms with Gasteiger partial charge in [0.25, 0.3) is 0 Å². The summed E-state index contributed by atoms with van der Waals surface area (Å²) in [6.07, 6.45) is 2.61. The van der Waals surface area contributed by atoms with Gasteiger partial charge in [0.05, 0.1) is 20.3 Å². The van der Waals surface area contributed by atoms with Crippen molar-refractivity contribution in [3.05, 3.63) is 23.8 Å². The Kier molecular flexibility index (Phi) is 5.60. The van der Waals surface area contributed by atoms with Gasteiger partial charge in [-0.25, -0.2) is 4.98 Å². The van der Waals surface area contributed by atoms with Crippen LogP contribution in [0.5, 0.6) is 11.5 Å². The fourth-order valence-electron chi connectivity index (χ4n) is 3.27. The molecular weight excluding hydrogens is 318 g/mol. The molecular formula is C19H27N3O3. The van der Waals surface area contributed by atoms with E-state index < -0.39 is 0 Å². The van der Waals surface area contributed by atoms with Gasteiger partial charge in [-0.1, -0.05) is 0 Å². The van der Waals surface area contributed by atoms with Gasteiger partial charge in [-0.05, 0) is 31.0 Å². The first-order chi connectivity index (χ1) is 12.1. The minimum Gasteiger partial charge on any atom is -0.496 e. The van der Waals surface area contributed by atoms with Crippen LogP contribution in [0.25, 0.3) is 10.9 Å². The summed E-state index contributed by atoms with van der Waals surface area (Å²) in [4.78, 5) is 6.88. The molecule has 6 nitrogen and oxygen atoms in total. The molecule has 0 bridgehead atoms. The van der Waals surface area contributed by atoms with E-state index in [9.17, 15) is 0 Å². The average Bonchev–Trinajstić information content (AvgIpc) is 3.13. The lowest BCUT2D eigenvalue weighted by atomic mass is 10.1. The first kappa shape index (κ1) is 17.8. The summed E-state index contributed by atoms with van der Waals surface area (Å²) in [5, 5.41) is 4.47. The van der Waals surface area contributed by atoms with E-state index >= 15 is 0 Å². The maximum absolute atomic E-state index is 5.68. The number of nitrogens with zero attached hydrogens (tertiary/aromatic N) is 2. The normalized spacial score (nSPS) is 17.0. The average molecular weight is 345 g/mol. The van der Waals surface area contributed by atoms with Crippen LogP contribution in [0.2, 0.25) is 0 Å². The monoisotopic (exact) mass is 345 g/mol. The van der Waals surface area contributed by atoms with Crippen molar-refractivity contribution in [3.63, 3.8) is 0 Å². The number of ether oxygens (including phenoxy) is 3. The van der Waals surface area contributed by atoms with Gasteiger partial charge in [0, 0.05) is 44.7 Å². The van der Waals surface area contributed by atoms with Crippen molar-refractivity contribution in [2.24, 2.45) is 0 Å². The summed E-state index contributed by atoms with van der Waals surface area (Å²) in [6.45, 7) is 2.47. The van der Waals surface area contributed by atoms with Crippen LogP contribution in [0.4, 0.5) is 5.82 Å². The zero-order chi connectivity index (χ0) is 17.8. The third kappa shape index (κ3) is 3.80. The van der Waals surface area contributed by atoms with Gasteiger partial charge in [-0.3, -0.25) is 0 Å². The Hall–Kier alpha value is -2.05. The number of methoxy groups -OCH3 is 2. The largest absolute Gasteiger partial charge is 0.496 e. The number of hydrogen-bond donors (Lipinski definition) is 1. The van der Waals surface area contributed by atoms with Crippen molar-refractivity contribution in [2.75, 3.05) is 46.4 Å². The van der Waals surface area contributed by atoms with E-state index in [0.717, 1.165) is 66.3 Å². The van der Waals surface area contributed by atoms with Crippen LogP contribution in [0.15, 0.2) is 18.2 Å². The molecule has 1 fully saturated rings. The van der Waals surface area contributed by atoms with Crippen LogP contribution >= 0.6 is 0 Å². The molecule has 1 aromatic heterocycles. The number of fused-ring (bicyclic) bond motifs is 1. The first-order valence-corrected chi connectivity index (χ1v) is 8.68. The van der Waals surface area contributed by atoms with Crippen molar-refractivity contribution in [3.8, 4) is 11.5 Å². The predicted molar refractivity (Wildman–Crippen MR) is 99.9 cm³/mol. The van der Waals surface area contributed by atoms with E-state index in [1.54, 1.807) is 14.2 Å². The lowest BCUT2D eigenvalue weighted by molar-refractivity contribution is 0.110. The molecule has 1 aliphatic rings. The Morgan fingerprint density at radius 1 is 1.24 bits per heavy atom. The Bertz CT molecular complexity index is 727. The van der Waals surface area contributed by atoms with Gasteiger partial charge < -0.3 is 24.4 Å². The Morgan fingerprint density at radius 3 is 2.64 bits per heavy atom. The second kappa shape index (κ2) is 7.89. The zero-order valence-corrected chi connectivity index (χ0v) is 15.5. The van der Waals surface area contributed by atoms with Gasteiger partial charge in [0.2, 0.25) is 0 Å². The highest BCUT2D eigenvalue weighted by Crippen LogP contribution is 2.35. The highest BCUT2D eigenvalue weighted by molar-refractivity contribution is 5.92. The van der Waals surface area contributed by atoms with Crippen LogP contribution in [-0.2, 0) is 11.3 Å². The minimum atomic E-state index is 0.325. The molecule has 3 rings (SSSR count). The Balaban J connectivity index is 1.93. The molecule has 0 unspecified atom stereocenters. The van der Waals surface area contributed by atoms with Gasteiger partial charge in [0.15, 0.2) is 0 Å². The first-order valence-electron chi connectivity index (χ1n) is 8.68. The molecule has 2 heterocycles. The lowest BCUT2D eigenvalue weighted by Gasteiger charge is -2.20. The molecule has 1 aromatic carbocycles. The number of pyridine rings is 1. The smallest absolute Gasteiger partial charge is 0.145 e. The van der Waals surface area contributed by atoms with E-state index in [4.69, 9.17) is 19.2 Å². The number of hydrogen-bond acceptors (Lipinski definition) is 6. The second-order valence-corrected chi connectivity index (χ2v) is 6.50. The molecule has 0 aliphatic carbocycles. The minimum absolute atomic E-state index is 0.325. The number of anilines is 1. The van der Waals surface area contributed by atoms with Crippen LogP contribution in [0.3, 0.4) is 0 Å². The molecule has 1 saturated heterocycles. The molecule has 0 amide bonds. The van der Waals surface area contributed by atoms with Crippen LogP contribution in [-0.4, -0.2) is 52.6 Å². The maximum atomic E-state index is 5.68. The van der Waals surface area contributed by atoms with Gasteiger partial charge in [0.1, 0.15) is 22.8 Å². The van der Waals surface area contributed by atoms with E-state index in [2.05, 4.69) is 11.4 Å². The van der Waals surface area contributed by atoms with Crippen molar-refractivity contribution < 1.29 is 14.2 Å². The highest BCUT2D eigenvalue weighted by atomic mass is 16.5. The molecule has 0 spiro atoms. The zero-order valence-electron chi connectivity index (χ0n) is 15.5. The SMILES string of the molecule is COc1ccc(OC)c2nc(N(C)C)c(CNC[C@H]3CCCO3)cc12. The summed E-state index contributed by atoms with van der Waals surface area (Å²) in [5.41, 5.74) is 1.94. The number of rotatable bonds is 7. The summed E-state index contributed by atoms with van der Waals surface area (Å²) < 4.78 is 16.7. The number of benzene rings is 1. The van der Waals surface area contributed by atoms with Crippen LogP contribution in [0, 0.1) is 0 Å². The van der Waals surface area contributed by atoms with E-state index in [0.29, 0.717) is 6.10 Å². The lowest BCUT2D eigenvalue weighted by Crippen LogP contribution is -2.27. The molecule has 1 atom stereocenters. The van der Waals surface area contributed by atoms with Crippen LogP contribution in [0.1, 0.15) is 18.4 Å². The van der Waals surface area contributed by atoms with Crippen molar-refractivity contribution >= 4 is 16.7 Å². The Labute approximate surface area is 149 Å². The molecule has 0 radical (unpaired) electrons. The summed E-state index contributed by atoms with van der Waals surface area (Å²) in [6, 6.07) is 5.95. The standard InChI is InChI=1S/C19H27N3O3/c1-22(2)19-13(11-20-12-14-6-5-9-25-14)10-15-16(23-3)7-8-17(24-4)18(15)21-19/h7-8,10,14,20H,5-6,9,11-12H2,1-4H3/t14-/m1/s1. The van der Waals surface area contributed by atoms with Crippen LogP contribution < -0.4 is 19.7 Å². The van der Waals surface area contributed by atoms with E-state index in [-0.39, 0.29) is 0 Å². The molecule has 136 valence electrons.